The van der Waals surface area contributed by atoms with Gasteiger partial charge in [0.15, 0.2) is 0 Å². The lowest BCUT2D eigenvalue weighted by atomic mass is 9.43. The van der Waals surface area contributed by atoms with Crippen molar-refractivity contribution in [1.82, 2.24) is 5.32 Å². The molecule has 0 radical (unpaired) electrons. The fourth-order valence-corrected chi connectivity index (χ4v) is 10.2. The van der Waals surface area contributed by atoms with E-state index in [-0.39, 0.29) is 41.5 Å². The van der Waals surface area contributed by atoms with Crippen LogP contribution < -0.4 is 5.32 Å². The summed E-state index contributed by atoms with van der Waals surface area (Å²) in [5.74, 6) is 1.13. The van der Waals surface area contributed by atoms with Gasteiger partial charge in [0, 0.05) is 12.8 Å². The van der Waals surface area contributed by atoms with Crippen LogP contribution in [0.15, 0.2) is 0 Å². The molecule has 1 amide bonds. The highest BCUT2D eigenvalue weighted by molar-refractivity contribution is 5.77. The van der Waals surface area contributed by atoms with Crippen LogP contribution in [0.4, 0.5) is 4.79 Å². The molecule has 4 aliphatic rings. The highest BCUT2D eigenvalue weighted by Gasteiger charge is 2.64. The molecular weight excluding hydrogens is 522 g/mol. The third-order valence-electron chi connectivity index (χ3n) is 12.1. The van der Waals surface area contributed by atoms with E-state index in [0.29, 0.717) is 30.1 Å². The number of rotatable bonds is 10. The topological polar surface area (TPSA) is 111 Å². The molecule has 0 unspecified atom stereocenters. The van der Waals surface area contributed by atoms with Crippen molar-refractivity contribution in [3.63, 3.8) is 0 Å². The van der Waals surface area contributed by atoms with Crippen LogP contribution in [0.25, 0.3) is 0 Å². The van der Waals surface area contributed by atoms with Gasteiger partial charge in [-0.15, -0.1) is 0 Å². The maximum absolute atomic E-state index is 12.4. The summed E-state index contributed by atoms with van der Waals surface area (Å²) in [6, 6.07) is 0. The number of unbranched alkanes of at least 4 members (excludes halogenated alkanes) is 3. The number of hydrogen-bond acceptors (Lipinski definition) is 7. The van der Waals surface area contributed by atoms with E-state index in [1.807, 2.05) is 0 Å². The van der Waals surface area contributed by atoms with Crippen LogP contribution in [0.1, 0.15) is 118 Å². The predicted octanol–water partition coefficient (Wildman–Crippen LogP) is 6.18. The number of fused-ring (bicyclic) bond motifs is 5. The highest BCUT2D eigenvalue weighted by Crippen LogP contribution is 2.69. The molecule has 0 aromatic heterocycles. The van der Waals surface area contributed by atoms with E-state index in [4.69, 9.17) is 9.47 Å². The van der Waals surface area contributed by atoms with Crippen molar-refractivity contribution in [2.24, 2.45) is 40.4 Å². The molecule has 4 saturated carbocycles. The smallest absolute Gasteiger partial charge is 0.407 e. The molecule has 2 N–H and O–H groups in total. The standard InChI is InChI=1S/C33H55NO7/c1-7-8-9-10-15-33(5,38)28-12-11-24-23-19-27(40-21(2)35)26-18-22(41-30(37)34-20-29(36)39-6)13-16-31(26,3)25(23)14-17-32(24,28)4/h22-28,38H,7-20H2,1-6H3,(H,34,37)/t22-,23-,24-,25-,26+,27-,28-,31+,32-,33-/m0/s1. The lowest BCUT2D eigenvalue weighted by Crippen LogP contribution is -2.60. The SMILES string of the molecule is CCCCCC[C@](C)(O)[C@H]1CC[C@H]2[C@@H]3C[C@H](OC(C)=O)[C@H]4C[C@@H](OC(=O)NCC(=O)OC)CC[C@]4(C)[C@H]3CC[C@@]21C. The van der Waals surface area contributed by atoms with Crippen LogP contribution >= 0.6 is 0 Å². The summed E-state index contributed by atoms with van der Waals surface area (Å²) < 4.78 is 16.4. The summed E-state index contributed by atoms with van der Waals surface area (Å²) in [5.41, 5.74) is -0.560. The molecule has 0 spiro atoms. The minimum Gasteiger partial charge on any atom is -0.468 e. The van der Waals surface area contributed by atoms with Crippen LogP contribution in [-0.4, -0.2) is 54.6 Å². The zero-order chi connectivity index (χ0) is 30.0. The molecular formula is C33H55NO7. The number of ether oxygens (including phenoxy) is 3. The fourth-order valence-electron chi connectivity index (χ4n) is 10.2. The van der Waals surface area contributed by atoms with Gasteiger partial charge < -0.3 is 24.6 Å². The van der Waals surface area contributed by atoms with Crippen LogP contribution in [0, 0.1) is 40.4 Å². The van der Waals surface area contributed by atoms with Gasteiger partial charge in [0.1, 0.15) is 18.8 Å². The van der Waals surface area contributed by atoms with Crippen LogP contribution in [0.3, 0.4) is 0 Å². The number of amides is 1. The Morgan fingerprint density at radius 2 is 1.63 bits per heavy atom. The number of hydrogen-bond donors (Lipinski definition) is 2. The Hall–Kier alpha value is -1.83. The Balaban J connectivity index is 1.49. The number of carbonyl (C=O) groups is 3. The summed E-state index contributed by atoms with van der Waals surface area (Å²) in [7, 11) is 1.28. The maximum Gasteiger partial charge on any atom is 0.407 e. The first-order chi connectivity index (χ1) is 19.4. The summed E-state index contributed by atoms with van der Waals surface area (Å²) in [5, 5.41) is 14.2. The number of methoxy groups -OCH3 is 1. The quantitative estimate of drug-likeness (QED) is 0.181. The predicted molar refractivity (Wildman–Crippen MR) is 156 cm³/mol. The Morgan fingerprint density at radius 1 is 0.927 bits per heavy atom. The Labute approximate surface area is 247 Å². The number of esters is 2. The zero-order valence-electron chi connectivity index (χ0n) is 26.3. The molecule has 8 heteroatoms. The lowest BCUT2D eigenvalue weighted by molar-refractivity contribution is -0.195. The van der Waals surface area contributed by atoms with Gasteiger partial charge in [-0.3, -0.25) is 9.59 Å². The zero-order valence-corrected chi connectivity index (χ0v) is 26.3. The van der Waals surface area contributed by atoms with Gasteiger partial charge in [0.05, 0.1) is 12.7 Å². The largest absolute Gasteiger partial charge is 0.468 e. The second-order valence-corrected chi connectivity index (χ2v) is 14.4. The van der Waals surface area contributed by atoms with E-state index in [1.165, 1.54) is 33.3 Å². The van der Waals surface area contributed by atoms with Gasteiger partial charge in [-0.1, -0.05) is 46.5 Å². The molecule has 41 heavy (non-hydrogen) atoms. The molecule has 8 nitrogen and oxygen atoms in total. The molecule has 0 aromatic rings. The summed E-state index contributed by atoms with van der Waals surface area (Å²) in [6.45, 7) is 10.4. The van der Waals surface area contributed by atoms with Crippen molar-refractivity contribution in [3.8, 4) is 0 Å². The van der Waals surface area contributed by atoms with Crippen molar-refractivity contribution >= 4 is 18.0 Å². The molecule has 0 saturated heterocycles. The van der Waals surface area contributed by atoms with Crippen LogP contribution in [0.2, 0.25) is 0 Å². The van der Waals surface area contributed by atoms with Gasteiger partial charge in [0.25, 0.3) is 0 Å². The second kappa shape index (κ2) is 12.8. The molecule has 4 rings (SSSR count). The lowest BCUT2D eigenvalue weighted by Gasteiger charge is -2.63. The fraction of sp³-hybridized carbons (Fsp3) is 0.909. The van der Waals surface area contributed by atoms with E-state index < -0.39 is 17.7 Å². The summed E-state index contributed by atoms with van der Waals surface area (Å²) >= 11 is 0. The first-order valence-corrected chi connectivity index (χ1v) is 16.3. The molecule has 0 heterocycles. The average molecular weight is 578 g/mol. The molecule has 10 atom stereocenters. The van der Waals surface area contributed by atoms with E-state index in [0.717, 1.165) is 57.8 Å². The second-order valence-electron chi connectivity index (χ2n) is 14.4. The van der Waals surface area contributed by atoms with Gasteiger partial charge in [-0.2, -0.15) is 0 Å². The Morgan fingerprint density at radius 3 is 2.32 bits per heavy atom. The number of carbonyl (C=O) groups excluding carboxylic acids is 3. The summed E-state index contributed by atoms with van der Waals surface area (Å²) in [4.78, 5) is 36.1. The van der Waals surface area contributed by atoms with Crippen molar-refractivity contribution in [1.29, 1.82) is 0 Å². The Kier molecular flexibility index (Phi) is 10.0. The third-order valence-corrected chi connectivity index (χ3v) is 12.1. The van der Waals surface area contributed by atoms with E-state index in [2.05, 4.69) is 37.7 Å². The third kappa shape index (κ3) is 6.57. The molecule has 234 valence electrons. The normalized spacial score (nSPS) is 39.3. The maximum atomic E-state index is 12.4. The average Bonchev–Trinajstić information content (AvgIpc) is 3.28. The number of aliphatic hydroxyl groups is 1. The van der Waals surface area contributed by atoms with Crippen LogP contribution in [0.5, 0.6) is 0 Å². The van der Waals surface area contributed by atoms with Crippen molar-refractivity contribution < 1.29 is 33.7 Å². The summed E-state index contributed by atoms with van der Waals surface area (Å²) in [6.07, 6.45) is 12.1. The van der Waals surface area contributed by atoms with Crippen molar-refractivity contribution in [3.05, 3.63) is 0 Å². The monoisotopic (exact) mass is 577 g/mol. The Bertz CT molecular complexity index is 952. The first kappa shape index (κ1) is 32.1. The van der Waals surface area contributed by atoms with Gasteiger partial charge >= 0.3 is 18.0 Å². The minimum atomic E-state index is -0.649. The van der Waals surface area contributed by atoms with Crippen molar-refractivity contribution in [2.75, 3.05) is 13.7 Å². The molecule has 0 bridgehead atoms. The van der Waals surface area contributed by atoms with Gasteiger partial charge in [0.2, 0.25) is 0 Å². The molecule has 4 fully saturated rings. The number of alkyl carbamates (subject to hydrolysis) is 1. The van der Waals surface area contributed by atoms with E-state index >= 15 is 0 Å². The van der Waals surface area contributed by atoms with Crippen molar-refractivity contribution in [2.45, 2.75) is 136 Å². The first-order valence-electron chi connectivity index (χ1n) is 16.3. The highest BCUT2D eigenvalue weighted by atomic mass is 16.6. The number of nitrogens with one attached hydrogen (secondary N) is 1. The molecule has 0 aliphatic heterocycles. The molecule has 4 aliphatic carbocycles. The van der Waals surface area contributed by atoms with Gasteiger partial charge in [-0.05, 0) is 99.2 Å². The van der Waals surface area contributed by atoms with E-state index in [1.54, 1.807) is 0 Å². The minimum absolute atomic E-state index is 0.00648. The van der Waals surface area contributed by atoms with Gasteiger partial charge in [-0.25, -0.2) is 4.79 Å². The van der Waals surface area contributed by atoms with Crippen LogP contribution in [-0.2, 0) is 23.8 Å². The van der Waals surface area contributed by atoms with E-state index in [9.17, 15) is 19.5 Å². The molecule has 0 aromatic carbocycles.